The van der Waals surface area contributed by atoms with Gasteiger partial charge in [-0.25, -0.2) is 9.97 Å². The second kappa shape index (κ2) is 11.7. The monoisotopic (exact) mass is 621 g/mol. The first-order chi connectivity index (χ1) is 21.0. The zero-order chi connectivity index (χ0) is 31.2. The molecule has 0 bridgehead atoms. The number of nitrogens with zero attached hydrogens (tertiary/aromatic N) is 3. The molecule has 0 N–H and O–H groups in total. The van der Waals surface area contributed by atoms with Gasteiger partial charge in [-0.2, -0.15) is 0 Å². The summed E-state index contributed by atoms with van der Waals surface area (Å²) in [6.07, 6.45) is 1.08. The molecule has 8 heteroatoms. The largest absolute Gasteiger partial charge is 0.481 e. The van der Waals surface area contributed by atoms with E-state index in [0.717, 1.165) is 65.2 Å². The molecule has 0 amide bonds. The fraction of sp³-hybridized carbons (Fsp3) is 0.222. The number of ketones is 1. The van der Waals surface area contributed by atoms with Crippen LogP contribution in [0.1, 0.15) is 44.9 Å². The summed E-state index contributed by atoms with van der Waals surface area (Å²) in [4.78, 5) is 27.4. The summed E-state index contributed by atoms with van der Waals surface area (Å²) in [5.41, 5.74) is 7.67. The number of aromatic nitrogens is 3. The molecule has 1 atom stereocenters. The van der Waals surface area contributed by atoms with Crippen LogP contribution in [-0.2, 0) is 9.53 Å². The molecule has 3 aromatic heterocycles. The van der Waals surface area contributed by atoms with Crippen molar-refractivity contribution in [2.75, 3.05) is 7.11 Å². The Morgan fingerprint density at radius 2 is 1.64 bits per heavy atom. The zero-order valence-corrected chi connectivity index (χ0v) is 27.0. The van der Waals surface area contributed by atoms with Crippen molar-refractivity contribution < 1.29 is 14.3 Å². The quantitative estimate of drug-likeness (QED) is 0.177. The van der Waals surface area contributed by atoms with E-state index < -0.39 is 11.7 Å². The van der Waals surface area contributed by atoms with Crippen LogP contribution in [0.3, 0.4) is 0 Å². The molecule has 0 saturated heterocycles. The van der Waals surface area contributed by atoms with Crippen LogP contribution < -0.4 is 4.74 Å². The molecule has 222 valence electrons. The van der Waals surface area contributed by atoms with Crippen molar-refractivity contribution in [3.8, 4) is 38.8 Å². The van der Waals surface area contributed by atoms with E-state index in [-0.39, 0.29) is 5.78 Å². The SMILES string of the molecule is COc1ccc2cc(-c3cc(-c4nc5cc(C)c([C@H](OC(C)(C)C)C(C)=O)c(-c6ccc(Cl)cc6)c5s4)ccn3)ccc2n1. The van der Waals surface area contributed by atoms with E-state index in [1.807, 2.05) is 88.5 Å². The van der Waals surface area contributed by atoms with Gasteiger partial charge in [0.25, 0.3) is 0 Å². The van der Waals surface area contributed by atoms with Gasteiger partial charge >= 0.3 is 0 Å². The average molecular weight is 622 g/mol. The lowest BCUT2D eigenvalue weighted by atomic mass is 9.90. The van der Waals surface area contributed by atoms with Crippen molar-refractivity contribution in [1.82, 2.24) is 15.0 Å². The van der Waals surface area contributed by atoms with E-state index >= 15 is 0 Å². The van der Waals surface area contributed by atoms with Gasteiger partial charge in [-0.3, -0.25) is 9.78 Å². The van der Waals surface area contributed by atoms with Gasteiger partial charge in [0.2, 0.25) is 5.88 Å². The number of rotatable bonds is 7. The third-order valence-electron chi connectivity index (χ3n) is 7.34. The molecular weight excluding hydrogens is 590 g/mol. The first-order valence-electron chi connectivity index (χ1n) is 14.3. The van der Waals surface area contributed by atoms with Gasteiger partial charge in [-0.1, -0.05) is 29.8 Å². The highest BCUT2D eigenvalue weighted by Crippen LogP contribution is 2.44. The second-order valence-corrected chi connectivity index (χ2v) is 13.2. The molecular formula is C36H32ClN3O3S. The van der Waals surface area contributed by atoms with Gasteiger partial charge in [0, 0.05) is 44.9 Å². The molecule has 0 aliphatic heterocycles. The van der Waals surface area contributed by atoms with Crippen LogP contribution in [0.15, 0.2) is 79.0 Å². The van der Waals surface area contributed by atoms with Crippen LogP contribution in [0.5, 0.6) is 5.88 Å². The molecule has 6 nitrogen and oxygen atoms in total. The lowest BCUT2D eigenvalue weighted by molar-refractivity contribution is -0.138. The number of methoxy groups -OCH3 is 1. The van der Waals surface area contributed by atoms with Gasteiger partial charge in [0.1, 0.15) is 11.1 Å². The lowest BCUT2D eigenvalue weighted by Crippen LogP contribution is -2.27. The predicted molar refractivity (Wildman–Crippen MR) is 180 cm³/mol. The van der Waals surface area contributed by atoms with E-state index in [0.29, 0.717) is 10.9 Å². The number of halogens is 1. The summed E-state index contributed by atoms with van der Waals surface area (Å²) in [5.74, 6) is 0.530. The molecule has 44 heavy (non-hydrogen) atoms. The van der Waals surface area contributed by atoms with Gasteiger partial charge < -0.3 is 9.47 Å². The summed E-state index contributed by atoms with van der Waals surface area (Å²) in [7, 11) is 1.61. The number of fused-ring (bicyclic) bond motifs is 2. The van der Waals surface area contributed by atoms with Crippen molar-refractivity contribution in [2.24, 2.45) is 0 Å². The van der Waals surface area contributed by atoms with E-state index in [1.54, 1.807) is 25.4 Å². The van der Waals surface area contributed by atoms with Crippen LogP contribution >= 0.6 is 22.9 Å². The highest BCUT2D eigenvalue weighted by molar-refractivity contribution is 7.22. The van der Waals surface area contributed by atoms with Crippen molar-refractivity contribution in [3.63, 3.8) is 0 Å². The molecule has 0 aliphatic carbocycles. The Bertz CT molecular complexity index is 2030. The topological polar surface area (TPSA) is 74.2 Å². The zero-order valence-electron chi connectivity index (χ0n) is 25.4. The first kappa shape index (κ1) is 29.9. The Balaban J connectivity index is 1.50. The molecule has 0 aliphatic rings. The van der Waals surface area contributed by atoms with Crippen LogP contribution in [0.2, 0.25) is 5.02 Å². The number of ether oxygens (including phenoxy) is 2. The maximum Gasteiger partial charge on any atom is 0.213 e. The predicted octanol–water partition coefficient (Wildman–Crippen LogP) is 9.66. The van der Waals surface area contributed by atoms with Gasteiger partial charge in [0.15, 0.2) is 5.78 Å². The second-order valence-electron chi connectivity index (χ2n) is 11.8. The Kier molecular flexibility index (Phi) is 7.97. The molecule has 6 rings (SSSR count). The minimum atomic E-state index is -0.731. The highest BCUT2D eigenvalue weighted by Gasteiger charge is 2.30. The fourth-order valence-corrected chi connectivity index (χ4v) is 6.62. The fourth-order valence-electron chi connectivity index (χ4n) is 5.38. The van der Waals surface area contributed by atoms with E-state index in [1.165, 1.54) is 0 Å². The number of pyridine rings is 2. The number of benzene rings is 3. The molecule has 0 radical (unpaired) electrons. The molecule has 6 aromatic rings. The highest BCUT2D eigenvalue weighted by atomic mass is 35.5. The Morgan fingerprint density at radius 3 is 2.34 bits per heavy atom. The third-order valence-corrected chi connectivity index (χ3v) is 8.73. The van der Waals surface area contributed by atoms with E-state index in [4.69, 9.17) is 26.1 Å². The number of aryl methyl sites for hydroxylation is 1. The van der Waals surface area contributed by atoms with Crippen LogP contribution in [0.4, 0.5) is 0 Å². The molecule has 3 heterocycles. The summed E-state index contributed by atoms with van der Waals surface area (Å²) in [6.45, 7) is 9.50. The summed E-state index contributed by atoms with van der Waals surface area (Å²) in [5, 5.41) is 2.51. The van der Waals surface area contributed by atoms with Crippen molar-refractivity contribution in [2.45, 2.75) is 46.3 Å². The lowest BCUT2D eigenvalue weighted by Gasteiger charge is -2.29. The maximum absolute atomic E-state index is 13.1. The normalized spacial score (nSPS) is 12.5. The Morgan fingerprint density at radius 1 is 0.886 bits per heavy atom. The molecule has 0 unspecified atom stereocenters. The van der Waals surface area contributed by atoms with Crippen molar-refractivity contribution in [1.29, 1.82) is 0 Å². The van der Waals surface area contributed by atoms with Crippen LogP contribution in [-0.4, -0.2) is 33.4 Å². The van der Waals surface area contributed by atoms with Crippen LogP contribution in [0, 0.1) is 6.92 Å². The number of carbonyl (C=O) groups is 1. The van der Waals surface area contributed by atoms with Crippen molar-refractivity contribution in [3.05, 3.63) is 95.1 Å². The third kappa shape index (κ3) is 5.95. The summed E-state index contributed by atoms with van der Waals surface area (Å²) >= 11 is 7.87. The average Bonchev–Trinajstić information content (AvgIpc) is 3.42. The first-order valence-corrected chi connectivity index (χ1v) is 15.5. The van der Waals surface area contributed by atoms with Gasteiger partial charge in [-0.15, -0.1) is 11.3 Å². The minimum absolute atomic E-state index is 0.0508. The Hall–Kier alpha value is -4.17. The summed E-state index contributed by atoms with van der Waals surface area (Å²) in [6, 6.07) is 23.7. The number of carbonyl (C=O) groups excluding carboxylic acids is 1. The van der Waals surface area contributed by atoms with E-state index in [9.17, 15) is 4.79 Å². The molecule has 0 fully saturated rings. The van der Waals surface area contributed by atoms with Crippen molar-refractivity contribution >= 4 is 49.8 Å². The Labute approximate surface area is 265 Å². The van der Waals surface area contributed by atoms with Crippen LogP contribution in [0.25, 0.3) is 54.1 Å². The minimum Gasteiger partial charge on any atom is -0.481 e. The number of hydrogen-bond acceptors (Lipinski definition) is 7. The number of thiazole rings is 1. The smallest absolute Gasteiger partial charge is 0.213 e. The molecule has 0 spiro atoms. The summed E-state index contributed by atoms with van der Waals surface area (Å²) < 4.78 is 12.6. The number of hydrogen-bond donors (Lipinski definition) is 0. The van der Waals surface area contributed by atoms with Gasteiger partial charge in [-0.05, 0) is 94.3 Å². The molecule has 0 saturated carbocycles. The molecule has 3 aromatic carbocycles. The maximum atomic E-state index is 13.1. The number of Topliss-reactive ketones (excluding diaryl/α,β-unsaturated/α-hetero) is 1. The van der Waals surface area contributed by atoms with Gasteiger partial charge in [0.05, 0.1) is 34.1 Å². The van der Waals surface area contributed by atoms with E-state index in [2.05, 4.69) is 28.2 Å². The standard InChI is InChI=1S/C36H32ClN3O3S/c1-20-17-29-34(32(22-7-11-26(37)12-8-22)31(20)33(21(2)41)43-36(3,4)5)44-35(40-29)25-15-16-38-28(19-25)24-9-13-27-23(18-24)10-14-30(39-27)42-6/h7-19,33H,1-6H3/t33-/m1/s1.